The van der Waals surface area contributed by atoms with Crippen molar-refractivity contribution < 1.29 is 19.1 Å². The van der Waals surface area contributed by atoms with Gasteiger partial charge in [0.15, 0.2) is 0 Å². The van der Waals surface area contributed by atoms with Crippen molar-refractivity contribution in [2.45, 2.75) is 25.0 Å². The Morgan fingerprint density at radius 2 is 2.15 bits per heavy atom. The summed E-state index contributed by atoms with van der Waals surface area (Å²) in [7, 11) is 0. The summed E-state index contributed by atoms with van der Waals surface area (Å²) in [5, 5.41) is 9.44. The number of halogens is 2. The number of allylic oxidation sites excluding steroid dienone is 1. The molecule has 1 aromatic carbocycles. The van der Waals surface area contributed by atoms with E-state index in [1.807, 2.05) is 0 Å². The van der Waals surface area contributed by atoms with E-state index in [0.717, 1.165) is 5.56 Å². The Hall–Kier alpha value is -1.33. The van der Waals surface area contributed by atoms with Gasteiger partial charge in [0.05, 0.1) is 5.57 Å². The number of ketones is 1. The van der Waals surface area contributed by atoms with E-state index in [-0.39, 0.29) is 17.8 Å². The minimum atomic E-state index is -1.05. The first kappa shape index (κ1) is 15.1. The van der Waals surface area contributed by atoms with Crippen molar-refractivity contribution in [3.05, 3.63) is 45.1 Å². The van der Waals surface area contributed by atoms with E-state index >= 15 is 0 Å². The van der Waals surface area contributed by atoms with E-state index in [1.165, 1.54) is 23.9 Å². The van der Waals surface area contributed by atoms with Crippen LogP contribution in [0.1, 0.15) is 24.8 Å². The molecule has 0 atom stereocenters. The quantitative estimate of drug-likeness (QED) is 0.918. The summed E-state index contributed by atoms with van der Waals surface area (Å²) < 4.78 is 12.9. The number of hydrogen-bond donors (Lipinski definition) is 1. The molecule has 1 aliphatic carbocycles. The summed E-state index contributed by atoms with van der Waals surface area (Å²) in [4.78, 5) is 23.2. The van der Waals surface area contributed by atoms with Gasteiger partial charge >= 0.3 is 5.97 Å². The van der Waals surface area contributed by atoms with Crippen molar-refractivity contribution in [2.75, 3.05) is 0 Å². The molecule has 0 saturated carbocycles. The molecule has 0 radical (unpaired) electrons. The van der Waals surface area contributed by atoms with Crippen LogP contribution in [0.2, 0.25) is 5.02 Å². The molecule has 0 aromatic heterocycles. The van der Waals surface area contributed by atoms with E-state index in [2.05, 4.69) is 0 Å². The third kappa shape index (κ3) is 3.61. The van der Waals surface area contributed by atoms with Crippen LogP contribution < -0.4 is 0 Å². The molecule has 0 bridgehead atoms. The second-order valence-corrected chi connectivity index (χ2v) is 5.92. The Kier molecular flexibility index (Phi) is 4.83. The highest BCUT2D eigenvalue weighted by Gasteiger charge is 2.23. The fraction of sp³-hybridized carbons (Fsp3) is 0.286. The lowest BCUT2D eigenvalue weighted by Gasteiger charge is -2.16. The minimum Gasteiger partial charge on any atom is -0.478 e. The highest BCUT2D eigenvalue weighted by molar-refractivity contribution is 8.02. The Morgan fingerprint density at radius 1 is 1.40 bits per heavy atom. The number of carboxylic acids is 1. The number of rotatable bonds is 4. The smallest absolute Gasteiger partial charge is 0.332 e. The molecular weight excluding hydrogens is 303 g/mol. The van der Waals surface area contributed by atoms with E-state index < -0.39 is 11.8 Å². The maximum atomic E-state index is 12.9. The zero-order valence-corrected chi connectivity index (χ0v) is 12.1. The number of thioether (sulfide) groups is 1. The Labute approximate surface area is 124 Å². The lowest BCUT2D eigenvalue weighted by atomic mass is 9.98. The van der Waals surface area contributed by atoms with Gasteiger partial charge in [-0.25, -0.2) is 9.18 Å². The molecule has 3 nitrogen and oxygen atoms in total. The van der Waals surface area contributed by atoms with E-state index in [0.29, 0.717) is 28.5 Å². The average Bonchev–Trinajstić information content (AvgIpc) is 2.38. The first-order chi connectivity index (χ1) is 9.47. The molecule has 20 heavy (non-hydrogen) atoms. The zero-order valence-electron chi connectivity index (χ0n) is 10.5. The minimum absolute atomic E-state index is 0.0190. The molecule has 0 heterocycles. The van der Waals surface area contributed by atoms with E-state index in [1.54, 1.807) is 6.07 Å². The maximum Gasteiger partial charge on any atom is 0.332 e. The largest absolute Gasteiger partial charge is 0.478 e. The molecule has 1 aromatic rings. The molecule has 0 unspecified atom stereocenters. The predicted molar refractivity (Wildman–Crippen MR) is 76.2 cm³/mol. The van der Waals surface area contributed by atoms with Gasteiger partial charge in [0.25, 0.3) is 0 Å². The number of benzene rings is 1. The van der Waals surface area contributed by atoms with Crippen molar-refractivity contribution >= 4 is 35.1 Å². The number of carbonyl (C=O) groups is 2. The van der Waals surface area contributed by atoms with Crippen molar-refractivity contribution in [2.24, 2.45) is 0 Å². The molecule has 106 valence electrons. The van der Waals surface area contributed by atoms with Gasteiger partial charge in [-0.05, 0) is 29.0 Å². The van der Waals surface area contributed by atoms with Crippen molar-refractivity contribution in [3.8, 4) is 0 Å². The molecule has 0 spiro atoms. The van der Waals surface area contributed by atoms with Crippen molar-refractivity contribution in [3.63, 3.8) is 0 Å². The summed E-state index contributed by atoms with van der Waals surface area (Å²) in [6.45, 7) is 0. The molecule has 0 fully saturated rings. The number of hydrogen-bond acceptors (Lipinski definition) is 3. The lowest BCUT2D eigenvalue weighted by molar-refractivity contribution is -0.134. The second-order valence-electron chi connectivity index (χ2n) is 4.45. The van der Waals surface area contributed by atoms with Gasteiger partial charge in [-0.2, -0.15) is 0 Å². The van der Waals surface area contributed by atoms with Crippen LogP contribution >= 0.6 is 23.4 Å². The third-order valence-electron chi connectivity index (χ3n) is 3.02. The third-order valence-corrected chi connectivity index (χ3v) is 4.62. The molecule has 0 aliphatic heterocycles. The second kappa shape index (κ2) is 6.41. The monoisotopic (exact) mass is 314 g/mol. The van der Waals surface area contributed by atoms with Crippen LogP contribution in [0.25, 0.3) is 0 Å². The van der Waals surface area contributed by atoms with Crippen molar-refractivity contribution in [1.82, 2.24) is 0 Å². The van der Waals surface area contributed by atoms with Gasteiger partial charge in [-0.3, -0.25) is 4.79 Å². The van der Waals surface area contributed by atoms with Crippen LogP contribution in [0.3, 0.4) is 0 Å². The van der Waals surface area contributed by atoms with Crippen LogP contribution in [0.15, 0.2) is 28.7 Å². The number of Topliss-reactive ketones (excluding diaryl/α,β-unsaturated/α-hetero) is 1. The highest BCUT2D eigenvalue weighted by Crippen LogP contribution is 2.35. The molecule has 6 heteroatoms. The van der Waals surface area contributed by atoms with E-state index in [4.69, 9.17) is 16.7 Å². The molecule has 0 amide bonds. The van der Waals surface area contributed by atoms with Gasteiger partial charge in [0, 0.05) is 23.6 Å². The maximum absolute atomic E-state index is 12.9. The summed E-state index contributed by atoms with van der Waals surface area (Å²) in [5.74, 6) is -1.05. The standard InChI is InChI=1S/C14H12ClFO3S/c15-12-5-9(16)2-1-8(12)7-20-13-4-3-10(17)6-11(13)14(18)19/h1-2,5H,3-4,6-7H2,(H,18,19). The van der Waals surface area contributed by atoms with Crippen molar-refractivity contribution in [1.29, 1.82) is 0 Å². The van der Waals surface area contributed by atoms with Crippen LogP contribution in [0.4, 0.5) is 4.39 Å². The number of aliphatic carboxylic acids is 1. The van der Waals surface area contributed by atoms with Crippen LogP contribution in [0, 0.1) is 5.82 Å². The Balaban J connectivity index is 2.14. The van der Waals surface area contributed by atoms with E-state index in [9.17, 15) is 14.0 Å². The van der Waals surface area contributed by atoms with Gasteiger partial charge < -0.3 is 5.11 Å². The molecule has 2 rings (SSSR count). The van der Waals surface area contributed by atoms with Crippen LogP contribution in [-0.4, -0.2) is 16.9 Å². The molecule has 0 saturated heterocycles. The van der Waals surface area contributed by atoms with Gasteiger partial charge in [-0.1, -0.05) is 17.7 Å². The van der Waals surface area contributed by atoms with Gasteiger partial charge in [0.1, 0.15) is 11.6 Å². The topological polar surface area (TPSA) is 54.4 Å². The summed E-state index contributed by atoms with van der Waals surface area (Å²) in [5.41, 5.74) is 0.914. The normalized spacial score (nSPS) is 15.6. The fourth-order valence-corrected chi connectivity index (χ4v) is 3.42. The van der Waals surface area contributed by atoms with Gasteiger partial charge in [0.2, 0.25) is 0 Å². The van der Waals surface area contributed by atoms with Gasteiger partial charge in [-0.15, -0.1) is 11.8 Å². The summed E-state index contributed by atoms with van der Waals surface area (Å²) in [6, 6.07) is 4.13. The number of carboxylic acid groups (broad SMARTS) is 1. The first-order valence-electron chi connectivity index (χ1n) is 6.01. The van der Waals surface area contributed by atoms with Crippen LogP contribution in [-0.2, 0) is 15.3 Å². The predicted octanol–water partition coefficient (Wildman–Crippen LogP) is 3.80. The summed E-state index contributed by atoms with van der Waals surface area (Å²) in [6.07, 6.45) is 0.801. The molecule has 1 N–H and O–H groups in total. The highest BCUT2D eigenvalue weighted by atomic mass is 35.5. The summed E-state index contributed by atoms with van der Waals surface area (Å²) >= 11 is 7.28. The Morgan fingerprint density at radius 3 is 2.80 bits per heavy atom. The lowest BCUT2D eigenvalue weighted by Crippen LogP contribution is -2.14. The molecular formula is C14H12ClFO3S. The Bertz CT molecular complexity index is 598. The van der Waals surface area contributed by atoms with Crippen LogP contribution in [0.5, 0.6) is 0 Å². The SMILES string of the molecule is O=C1CCC(SCc2ccc(F)cc2Cl)=C(C(=O)O)C1. The molecule has 1 aliphatic rings. The zero-order chi connectivity index (χ0) is 14.7. The fourth-order valence-electron chi connectivity index (χ4n) is 1.95. The first-order valence-corrected chi connectivity index (χ1v) is 7.37. The average molecular weight is 315 g/mol. The number of carbonyl (C=O) groups excluding carboxylic acids is 1.